The van der Waals surface area contributed by atoms with Crippen LogP contribution in [-0.4, -0.2) is 65.6 Å². The molecule has 0 spiro atoms. The molecule has 1 saturated heterocycles. The second kappa shape index (κ2) is 5.55. The van der Waals surface area contributed by atoms with Gasteiger partial charge in [0.15, 0.2) is 6.29 Å². The summed E-state index contributed by atoms with van der Waals surface area (Å²) in [5.74, 6) is -0.371. The first-order valence-electron chi connectivity index (χ1n) is 4.93. The minimum atomic E-state index is -1.27. The van der Waals surface area contributed by atoms with Crippen LogP contribution in [0.25, 0.3) is 0 Å². The average molecular weight is 235 g/mol. The Bertz CT molecular complexity index is 246. The minimum Gasteiger partial charge on any atom is -0.394 e. The molecule has 0 radical (unpaired) electrons. The molecule has 7 heteroatoms. The van der Waals surface area contributed by atoms with E-state index in [1.165, 1.54) is 14.0 Å². The van der Waals surface area contributed by atoms with E-state index >= 15 is 0 Å². The number of aliphatic hydroxyl groups excluding tert-OH is 3. The third-order valence-corrected chi connectivity index (χ3v) is 2.48. The number of hydrogen-bond acceptors (Lipinski definition) is 6. The van der Waals surface area contributed by atoms with Crippen LogP contribution in [0.2, 0.25) is 0 Å². The van der Waals surface area contributed by atoms with Gasteiger partial charge in [-0.15, -0.1) is 0 Å². The largest absolute Gasteiger partial charge is 0.394 e. The molecule has 1 heterocycles. The van der Waals surface area contributed by atoms with E-state index in [1.807, 2.05) is 0 Å². The number of carbonyl (C=O) groups excluding carboxylic acids is 1. The Balaban J connectivity index is 2.77. The van der Waals surface area contributed by atoms with Crippen LogP contribution in [0.5, 0.6) is 0 Å². The number of amides is 1. The van der Waals surface area contributed by atoms with E-state index in [0.29, 0.717) is 0 Å². The van der Waals surface area contributed by atoms with Crippen LogP contribution in [-0.2, 0) is 14.3 Å². The highest BCUT2D eigenvalue weighted by atomic mass is 16.7. The third kappa shape index (κ3) is 2.69. The molecule has 94 valence electrons. The van der Waals surface area contributed by atoms with Crippen molar-refractivity contribution in [1.29, 1.82) is 0 Å². The SMILES string of the molecule is CO[C@H]1O[C@H](CO)[C@H](O)[C@@H](O)[C@H]1NC(C)=O. The molecule has 16 heavy (non-hydrogen) atoms. The molecule has 1 amide bonds. The maximum absolute atomic E-state index is 10.9. The fourth-order valence-electron chi connectivity index (χ4n) is 1.67. The van der Waals surface area contributed by atoms with E-state index in [9.17, 15) is 15.0 Å². The van der Waals surface area contributed by atoms with Crippen LogP contribution < -0.4 is 5.32 Å². The Morgan fingerprint density at radius 2 is 2.06 bits per heavy atom. The molecule has 0 saturated carbocycles. The van der Waals surface area contributed by atoms with Gasteiger partial charge < -0.3 is 30.1 Å². The van der Waals surface area contributed by atoms with Crippen molar-refractivity contribution in [1.82, 2.24) is 5.32 Å². The summed E-state index contributed by atoms with van der Waals surface area (Å²) < 4.78 is 10.1. The Morgan fingerprint density at radius 1 is 1.44 bits per heavy atom. The highest BCUT2D eigenvalue weighted by Gasteiger charge is 2.44. The van der Waals surface area contributed by atoms with Crippen molar-refractivity contribution in [2.24, 2.45) is 0 Å². The summed E-state index contributed by atoms with van der Waals surface area (Å²) in [6, 6.07) is -0.861. The van der Waals surface area contributed by atoms with Gasteiger partial charge in [0.25, 0.3) is 0 Å². The van der Waals surface area contributed by atoms with Gasteiger partial charge in [-0.25, -0.2) is 0 Å². The molecule has 1 fully saturated rings. The van der Waals surface area contributed by atoms with Gasteiger partial charge >= 0.3 is 0 Å². The van der Waals surface area contributed by atoms with Crippen molar-refractivity contribution in [3.05, 3.63) is 0 Å². The predicted octanol–water partition coefficient (Wildman–Crippen LogP) is -2.42. The summed E-state index contributed by atoms with van der Waals surface area (Å²) in [5, 5.41) is 30.7. The fraction of sp³-hybridized carbons (Fsp3) is 0.889. The molecule has 1 aliphatic rings. The molecule has 0 aromatic heterocycles. The van der Waals surface area contributed by atoms with E-state index in [0.717, 1.165) is 0 Å². The standard InChI is InChI=1S/C9H17NO6/c1-4(12)10-6-8(14)7(13)5(3-11)16-9(6)15-2/h5-9,11,13-14H,3H2,1-2H3,(H,10,12)/t5-,6-,7+,8+,9+/m1/s1. The van der Waals surface area contributed by atoms with Crippen molar-refractivity contribution < 1.29 is 29.6 Å². The highest BCUT2D eigenvalue weighted by Crippen LogP contribution is 2.21. The topological polar surface area (TPSA) is 108 Å². The first-order valence-corrected chi connectivity index (χ1v) is 4.93. The second-order valence-corrected chi connectivity index (χ2v) is 3.67. The van der Waals surface area contributed by atoms with Crippen LogP contribution in [0.15, 0.2) is 0 Å². The summed E-state index contributed by atoms with van der Waals surface area (Å²) in [6.07, 6.45) is -4.35. The lowest BCUT2D eigenvalue weighted by molar-refractivity contribution is -0.262. The van der Waals surface area contributed by atoms with Crippen LogP contribution >= 0.6 is 0 Å². The summed E-state index contributed by atoms with van der Waals surface area (Å²) in [4.78, 5) is 10.9. The lowest BCUT2D eigenvalue weighted by Crippen LogP contribution is -2.64. The van der Waals surface area contributed by atoms with Crippen molar-refractivity contribution in [2.75, 3.05) is 13.7 Å². The van der Waals surface area contributed by atoms with E-state index in [1.54, 1.807) is 0 Å². The minimum absolute atomic E-state index is 0.371. The number of nitrogens with one attached hydrogen (secondary N) is 1. The van der Waals surface area contributed by atoms with Crippen LogP contribution in [0.1, 0.15) is 6.92 Å². The van der Waals surface area contributed by atoms with Gasteiger partial charge in [-0.1, -0.05) is 0 Å². The van der Waals surface area contributed by atoms with E-state index in [2.05, 4.69) is 5.32 Å². The van der Waals surface area contributed by atoms with Crippen molar-refractivity contribution >= 4 is 5.91 Å². The lowest BCUT2D eigenvalue weighted by Gasteiger charge is -2.41. The van der Waals surface area contributed by atoms with Crippen LogP contribution in [0.3, 0.4) is 0 Å². The summed E-state index contributed by atoms with van der Waals surface area (Å²) in [6.45, 7) is 0.842. The Morgan fingerprint density at radius 3 is 2.50 bits per heavy atom. The number of rotatable bonds is 3. The van der Waals surface area contributed by atoms with Gasteiger partial charge in [0, 0.05) is 14.0 Å². The first-order chi connectivity index (χ1) is 7.51. The number of hydrogen-bond donors (Lipinski definition) is 4. The normalized spacial score (nSPS) is 39.4. The maximum atomic E-state index is 10.9. The zero-order valence-electron chi connectivity index (χ0n) is 9.16. The molecule has 0 aliphatic carbocycles. The Kier molecular flexibility index (Phi) is 4.63. The predicted molar refractivity (Wildman–Crippen MR) is 52.4 cm³/mol. The van der Waals surface area contributed by atoms with E-state index in [-0.39, 0.29) is 5.91 Å². The van der Waals surface area contributed by atoms with Gasteiger partial charge in [0.05, 0.1) is 6.61 Å². The van der Waals surface area contributed by atoms with Gasteiger partial charge in [-0.2, -0.15) is 0 Å². The fourth-order valence-corrected chi connectivity index (χ4v) is 1.67. The van der Waals surface area contributed by atoms with Gasteiger partial charge in [0.1, 0.15) is 24.4 Å². The number of methoxy groups -OCH3 is 1. The molecular weight excluding hydrogens is 218 g/mol. The molecule has 7 nitrogen and oxygen atoms in total. The molecule has 0 aromatic rings. The Hall–Kier alpha value is -0.730. The van der Waals surface area contributed by atoms with Gasteiger partial charge in [-0.05, 0) is 0 Å². The third-order valence-electron chi connectivity index (χ3n) is 2.48. The summed E-state index contributed by atoms with van der Waals surface area (Å²) in [7, 11) is 1.35. The Labute approximate surface area is 93.0 Å². The highest BCUT2D eigenvalue weighted by molar-refractivity contribution is 5.73. The molecule has 0 unspecified atom stereocenters. The molecule has 0 aromatic carbocycles. The van der Waals surface area contributed by atoms with E-state index in [4.69, 9.17) is 14.6 Å². The number of ether oxygens (including phenoxy) is 2. The van der Waals surface area contributed by atoms with Crippen molar-refractivity contribution in [3.8, 4) is 0 Å². The first kappa shape index (κ1) is 13.3. The monoisotopic (exact) mass is 235 g/mol. The zero-order valence-corrected chi connectivity index (χ0v) is 9.16. The van der Waals surface area contributed by atoms with Crippen LogP contribution in [0.4, 0.5) is 0 Å². The molecule has 4 N–H and O–H groups in total. The van der Waals surface area contributed by atoms with Crippen LogP contribution in [0, 0.1) is 0 Å². The van der Waals surface area contributed by atoms with Crippen molar-refractivity contribution in [2.45, 2.75) is 37.6 Å². The average Bonchev–Trinajstić information content (AvgIpc) is 2.25. The molecule has 1 rings (SSSR count). The molecule has 5 atom stereocenters. The number of aliphatic hydroxyl groups is 3. The smallest absolute Gasteiger partial charge is 0.217 e. The van der Waals surface area contributed by atoms with Crippen molar-refractivity contribution in [3.63, 3.8) is 0 Å². The summed E-state index contributed by atoms with van der Waals surface area (Å²) in [5.41, 5.74) is 0. The van der Waals surface area contributed by atoms with E-state index < -0.39 is 37.3 Å². The summed E-state index contributed by atoms with van der Waals surface area (Å²) >= 11 is 0. The van der Waals surface area contributed by atoms with Gasteiger partial charge in [0.2, 0.25) is 5.91 Å². The lowest BCUT2D eigenvalue weighted by atomic mass is 9.97. The second-order valence-electron chi connectivity index (χ2n) is 3.67. The number of carbonyl (C=O) groups is 1. The molecular formula is C9H17NO6. The molecule has 0 bridgehead atoms. The molecule has 1 aliphatic heterocycles. The van der Waals surface area contributed by atoms with Gasteiger partial charge in [-0.3, -0.25) is 4.79 Å². The zero-order chi connectivity index (χ0) is 12.3. The quantitative estimate of drug-likeness (QED) is 0.433. The maximum Gasteiger partial charge on any atom is 0.217 e.